The van der Waals surface area contributed by atoms with Crippen LogP contribution >= 0.6 is 19.5 Å². The van der Waals surface area contributed by atoms with Crippen LogP contribution < -0.4 is 14.7 Å². The van der Waals surface area contributed by atoms with Gasteiger partial charge in [0, 0.05) is 36.9 Å². The molecule has 0 spiro atoms. The Hall–Kier alpha value is -5.00. The van der Waals surface area contributed by atoms with Gasteiger partial charge in [0.2, 0.25) is 5.95 Å². The number of aliphatic carboxylic acids is 1. The Morgan fingerprint density at radius 1 is 1.12 bits per heavy atom. The first kappa shape index (κ1) is 36.8. The van der Waals surface area contributed by atoms with Gasteiger partial charge in [-0.15, -0.1) is 11.3 Å². The van der Waals surface area contributed by atoms with E-state index in [1.54, 1.807) is 41.2 Å². The largest absolute Gasteiger partial charge is 0.575 e. The fourth-order valence-corrected chi connectivity index (χ4v) is 7.03. The van der Waals surface area contributed by atoms with Crippen LogP contribution in [0.25, 0.3) is 22.0 Å². The molecule has 1 amide bonds. The zero-order valence-electron chi connectivity index (χ0n) is 27.9. The van der Waals surface area contributed by atoms with Gasteiger partial charge >= 0.3 is 19.9 Å². The molecule has 4 heterocycles. The number of nitrogens with zero attached hydrogens (tertiary/aromatic N) is 7. The summed E-state index contributed by atoms with van der Waals surface area (Å²) in [5, 5.41) is 23.1. The number of thiazole rings is 1. The lowest BCUT2D eigenvalue weighted by atomic mass is 9.93. The third kappa shape index (κ3) is 8.71. The van der Waals surface area contributed by atoms with E-state index in [0.29, 0.717) is 17.2 Å². The summed E-state index contributed by atoms with van der Waals surface area (Å²) in [6.45, 7) is 3.32. The molecular formula is C33H33F2N8O7PS. The number of carbonyl (C=O) groups is 2. The number of rotatable bonds is 14. The average molecular weight is 755 g/mol. The molecule has 1 unspecified atom stereocenters. The van der Waals surface area contributed by atoms with Gasteiger partial charge in [0.15, 0.2) is 11.6 Å². The minimum Gasteiger partial charge on any atom is -0.575 e. The molecule has 2 N–H and O–H groups in total. The van der Waals surface area contributed by atoms with Crippen LogP contribution in [0.15, 0.2) is 71.2 Å². The molecule has 15 nitrogen and oxygen atoms in total. The Morgan fingerprint density at radius 2 is 1.88 bits per heavy atom. The predicted molar refractivity (Wildman–Crippen MR) is 183 cm³/mol. The molecule has 1 saturated carbocycles. The van der Waals surface area contributed by atoms with Gasteiger partial charge in [-0.05, 0) is 61.6 Å². The van der Waals surface area contributed by atoms with E-state index in [4.69, 9.17) is 14.0 Å². The first-order valence-electron chi connectivity index (χ1n) is 16.1. The molecule has 1 aliphatic carbocycles. The third-order valence-electron chi connectivity index (χ3n) is 8.13. The Labute approximate surface area is 300 Å². The minimum absolute atomic E-state index is 0.0229. The van der Waals surface area contributed by atoms with E-state index < -0.39 is 37.5 Å². The monoisotopic (exact) mass is 754 g/mol. The molecule has 0 aliphatic heterocycles. The molecule has 6 rings (SSSR count). The number of nitrogens with one attached hydrogen (secondary N) is 1. The van der Waals surface area contributed by atoms with E-state index >= 15 is 0 Å². The van der Waals surface area contributed by atoms with Crippen LogP contribution in [0.3, 0.4) is 0 Å². The van der Waals surface area contributed by atoms with E-state index in [2.05, 4.69) is 30.2 Å². The number of anilines is 1. The molecule has 5 aromatic rings. The van der Waals surface area contributed by atoms with Crippen molar-refractivity contribution in [2.45, 2.75) is 64.1 Å². The molecule has 4 aromatic heterocycles. The Bertz CT molecular complexity index is 2070. The van der Waals surface area contributed by atoms with Crippen LogP contribution in [-0.2, 0) is 21.0 Å². The van der Waals surface area contributed by atoms with Gasteiger partial charge in [-0.1, -0.05) is 18.2 Å². The van der Waals surface area contributed by atoms with Crippen molar-refractivity contribution in [2.75, 3.05) is 11.9 Å². The van der Waals surface area contributed by atoms with Gasteiger partial charge in [-0.25, -0.2) is 23.8 Å². The van der Waals surface area contributed by atoms with Gasteiger partial charge in [0.05, 0.1) is 24.0 Å². The van der Waals surface area contributed by atoms with Crippen molar-refractivity contribution >= 4 is 37.1 Å². The fourth-order valence-electron chi connectivity index (χ4n) is 5.46. The number of carboxylic acids is 1. The maximum Gasteiger partial charge on any atom is 0.398 e. The lowest BCUT2D eigenvalue weighted by Gasteiger charge is -2.28. The first-order chi connectivity index (χ1) is 25.0. The van der Waals surface area contributed by atoms with Gasteiger partial charge in [0.25, 0.3) is 5.91 Å². The summed E-state index contributed by atoms with van der Waals surface area (Å²) < 4.78 is 52.1. The van der Waals surface area contributed by atoms with Gasteiger partial charge in [0.1, 0.15) is 28.8 Å². The van der Waals surface area contributed by atoms with Gasteiger partial charge in [-0.2, -0.15) is 14.6 Å². The highest BCUT2D eigenvalue weighted by Crippen LogP contribution is 2.35. The highest BCUT2D eigenvalue weighted by atomic mass is 32.1. The number of aromatic nitrogens is 6. The average Bonchev–Trinajstić information content (AvgIpc) is 3.90. The summed E-state index contributed by atoms with van der Waals surface area (Å²) in [5.41, 5.74) is -1.93. The maximum absolute atomic E-state index is 14.9. The Balaban J connectivity index is 1.15. The first-order valence-corrected chi connectivity index (χ1v) is 18.2. The number of benzene rings is 1. The number of para-hydroxylation sites is 1. The van der Waals surface area contributed by atoms with Gasteiger partial charge in [-0.3, -0.25) is 14.0 Å². The molecule has 2 atom stereocenters. The van der Waals surface area contributed by atoms with Crippen molar-refractivity contribution in [3.63, 3.8) is 0 Å². The second-order valence-corrected chi connectivity index (χ2v) is 13.5. The second-order valence-electron chi connectivity index (χ2n) is 11.8. The topological polar surface area (TPSA) is 191 Å². The van der Waals surface area contributed by atoms with Crippen molar-refractivity contribution < 1.29 is 42.4 Å². The summed E-state index contributed by atoms with van der Waals surface area (Å²) in [7, 11) is -2.79. The summed E-state index contributed by atoms with van der Waals surface area (Å²) in [5.74, 6) is -3.57. The van der Waals surface area contributed by atoms with Crippen LogP contribution in [0.4, 0.5) is 14.5 Å². The zero-order chi connectivity index (χ0) is 36.8. The number of halogens is 2. The van der Waals surface area contributed by atoms with Crippen molar-refractivity contribution in [2.24, 2.45) is 4.74 Å². The number of amides is 1. The number of carboxylic acid groups (broad SMARTS) is 1. The van der Waals surface area contributed by atoms with Crippen molar-refractivity contribution in [1.82, 2.24) is 29.5 Å². The molecule has 0 bridgehead atoms. The highest BCUT2D eigenvalue weighted by molar-refractivity contribution is 7.34. The lowest BCUT2D eigenvalue weighted by Crippen LogP contribution is -2.37. The molecule has 0 radical (unpaired) electrons. The van der Waals surface area contributed by atoms with Crippen LogP contribution in [0, 0.1) is 11.8 Å². The Morgan fingerprint density at radius 3 is 2.62 bits per heavy atom. The zero-order valence-corrected chi connectivity index (χ0v) is 29.6. The maximum atomic E-state index is 14.9. The number of hydrogen-bond donors (Lipinski definition) is 2. The van der Waals surface area contributed by atoms with Crippen LogP contribution in [-0.4, -0.2) is 64.9 Å². The molecule has 1 aliphatic rings. The van der Waals surface area contributed by atoms with Crippen molar-refractivity contribution in [3.05, 3.63) is 83.9 Å². The van der Waals surface area contributed by atoms with Crippen LogP contribution in [0.2, 0.25) is 0 Å². The summed E-state index contributed by atoms with van der Waals surface area (Å²) in [6.07, 6.45) is 7.82. The van der Waals surface area contributed by atoms with E-state index in [-0.39, 0.29) is 47.4 Å². The molecule has 52 heavy (non-hydrogen) atoms. The fraction of sp³-hybridized carbons (Fsp3) is 0.333. The summed E-state index contributed by atoms with van der Waals surface area (Å²) >= 11 is 1.14. The van der Waals surface area contributed by atoms with Crippen LogP contribution in [0.1, 0.15) is 56.1 Å². The third-order valence-corrected chi connectivity index (χ3v) is 9.93. The van der Waals surface area contributed by atoms with Gasteiger partial charge < -0.3 is 24.8 Å². The van der Waals surface area contributed by atoms with E-state index in [0.717, 1.165) is 56.1 Å². The number of pyridine rings is 1. The van der Waals surface area contributed by atoms with E-state index in [1.807, 2.05) is 6.92 Å². The highest BCUT2D eigenvalue weighted by Gasteiger charge is 2.39. The molecule has 19 heteroatoms. The smallest absolute Gasteiger partial charge is 0.398 e. The second kappa shape index (κ2) is 16.1. The van der Waals surface area contributed by atoms with Crippen LogP contribution in [0.5, 0.6) is 5.75 Å². The van der Waals surface area contributed by atoms with E-state index in [1.165, 1.54) is 22.5 Å². The van der Waals surface area contributed by atoms with Crippen molar-refractivity contribution in [3.8, 4) is 27.7 Å². The Kier molecular flexibility index (Phi) is 11.4. The van der Waals surface area contributed by atoms with Crippen molar-refractivity contribution in [1.29, 1.82) is 0 Å². The minimum atomic E-state index is -2.79. The lowest BCUT2D eigenvalue weighted by molar-refractivity contribution is -0.179. The quantitative estimate of drug-likeness (QED) is 0.0995. The molecule has 272 valence electrons. The molecule has 1 aromatic carbocycles. The normalized spacial score (nSPS) is 17.4. The number of carbonyl (C=O) groups excluding carboxylic acids is 1. The molecule has 0 saturated heterocycles. The standard InChI is InChI=1S/C33H33F2N8O7PS/c1-3-48-22-11-9-21(10-12-22)43-17-25(29(40-43)28-24(34)13-14-27(35)39-28)37-30(44)26-18-52-31(38-26)20-15-36-42(16-20)19-49-33(2,32(45)46)41-51(47)50-23-7-5-4-6-8-23/h4-8,13-18,21-22H,3,9-12,19H2,1-2H3,(H,37,44)(H,45,46)/t21?,22?,33-/m1/s1. The summed E-state index contributed by atoms with van der Waals surface area (Å²) in [4.78, 5) is 46.0. The number of hydrogen-bond acceptors (Lipinski definition) is 12. The SMILES string of the molecule is CCOC1CCC(n2cc(NC(=O)c3csc(-c4cnn(CO[C@@](C)(N=[P+]([O-])Oc5ccccc5)C(=O)O)c4)n3)c(-c3nc(F)ccc3F)n2)CC1. The predicted octanol–water partition coefficient (Wildman–Crippen LogP) is 6.03. The summed E-state index contributed by atoms with van der Waals surface area (Å²) in [6, 6.07) is 9.97. The number of ether oxygens (including phenoxy) is 2. The van der Waals surface area contributed by atoms with E-state index in [9.17, 15) is 28.4 Å². The molecule has 1 fully saturated rings. The molecular weight excluding hydrogens is 721 g/mol.